The Balaban J connectivity index is 0.739. The molecule has 7 amide bonds. The van der Waals surface area contributed by atoms with Gasteiger partial charge in [0.25, 0.3) is 0 Å². The molecule has 2 aliphatic rings. The van der Waals surface area contributed by atoms with Crippen LogP contribution >= 0.6 is 0 Å². The fourth-order valence-electron chi connectivity index (χ4n) is 14.9. The molecule has 31 heteroatoms. The summed E-state index contributed by atoms with van der Waals surface area (Å²) in [4.78, 5) is 133. The Morgan fingerprint density at radius 1 is 0.597 bits per heavy atom. The SMILES string of the molecule is CC[C@H](C)[C@@H]([C@@H](CC(=O)N1CCC[C@H]1[C@H](OC)[C@@H](C)C(=O)N[C@@H](Cc1ccccc1)C(=O)O)OC)N(C)C(=O)C(NC(=O)[C@H](C(C)C)N(C)C(=O)CCOCCOCCOCCOCCCC(=O)NCC(=O)N1Cc2ccccc2-c2nnn(CCOCCOCCOCCOCCCC(=O)CCc3ccncc3)c2-c2ccccc21)C(C)C. The molecule has 0 aliphatic carbocycles. The maximum absolute atomic E-state index is 14.8. The van der Waals surface area contributed by atoms with E-state index in [9.17, 15) is 48.3 Å². The van der Waals surface area contributed by atoms with E-state index in [2.05, 4.69) is 31.2 Å². The van der Waals surface area contributed by atoms with Gasteiger partial charge in [-0.15, -0.1) is 5.10 Å². The van der Waals surface area contributed by atoms with Crippen molar-refractivity contribution in [3.63, 3.8) is 0 Å². The quantitative estimate of drug-likeness (QED) is 0.0272. The summed E-state index contributed by atoms with van der Waals surface area (Å²) in [5.74, 6) is -5.20. The molecule has 7 rings (SSSR count). The first-order valence-corrected chi connectivity index (χ1v) is 41.9. The van der Waals surface area contributed by atoms with Crippen molar-refractivity contribution in [2.75, 3.05) is 152 Å². The number of likely N-dealkylation sites (N-methyl/N-ethyl adjacent to an activating group) is 2. The van der Waals surface area contributed by atoms with Crippen LogP contribution in [0.25, 0.3) is 22.5 Å². The molecule has 656 valence electrons. The van der Waals surface area contributed by atoms with E-state index in [-0.39, 0.29) is 118 Å². The molecule has 3 aromatic carbocycles. The van der Waals surface area contributed by atoms with Gasteiger partial charge in [-0.25, -0.2) is 9.48 Å². The lowest BCUT2D eigenvalue weighted by molar-refractivity contribution is -0.149. The molecule has 1 unspecified atom stereocenters. The van der Waals surface area contributed by atoms with E-state index in [1.54, 1.807) is 77.1 Å². The first-order valence-electron chi connectivity index (χ1n) is 41.9. The van der Waals surface area contributed by atoms with Crippen LogP contribution in [0.15, 0.2) is 103 Å². The Morgan fingerprint density at radius 3 is 1.77 bits per heavy atom. The number of hydrogen-bond donors (Lipinski definition) is 4. The summed E-state index contributed by atoms with van der Waals surface area (Å²) in [7, 11) is 6.19. The van der Waals surface area contributed by atoms with Crippen LogP contribution in [0.5, 0.6) is 0 Å². The number of para-hydroxylation sites is 1. The van der Waals surface area contributed by atoms with E-state index in [0.29, 0.717) is 149 Å². The zero-order valence-corrected chi connectivity index (χ0v) is 71.6. The van der Waals surface area contributed by atoms with Gasteiger partial charge in [-0.3, -0.25) is 43.3 Å². The molecule has 4 heterocycles. The number of nitrogens with one attached hydrogen (secondary N) is 3. The fourth-order valence-corrected chi connectivity index (χ4v) is 14.9. The number of carboxylic acid groups (broad SMARTS) is 1. The maximum Gasteiger partial charge on any atom is 0.326 e. The van der Waals surface area contributed by atoms with E-state index in [1.165, 1.54) is 19.1 Å². The molecule has 0 spiro atoms. The van der Waals surface area contributed by atoms with Crippen LogP contribution in [0.3, 0.4) is 0 Å². The van der Waals surface area contributed by atoms with Crippen molar-refractivity contribution in [3.8, 4) is 22.5 Å². The lowest BCUT2D eigenvalue weighted by Crippen LogP contribution is -2.60. The van der Waals surface area contributed by atoms with Crippen molar-refractivity contribution in [3.05, 3.63) is 120 Å². The number of carbonyl (C=O) groups is 9. The molecule has 119 heavy (non-hydrogen) atoms. The Labute approximate surface area is 701 Å². The van der Waals surface area contributed by atoms with Gasteiger partial charge in [0.2, 0.25) is 41.4 Å². The van der Waals surface area contributed by atoms with Gasteiger partial charge in [0.1, 0.15) is 29.6 Å². The van der Waals surface area contributed by atoms with Crippen molar-refractivity contribution in [2.24, 2.45) is 23.7 Å². The number of hydrogen-bond acceptors (Lipinski definition) is 22. The van der Waals surface area contributed by atoms with Crippen LogP contribution in [0.2, 0.25) is 0 Å². The summed E-state index contributed by atoms with van der Waals surface area (Å²) < 4.78 is 59.5. The molecule has 5 aromatic rings. The number of aliphatic carboxylic acids is 1. The molecule has 1 fully saturated rings. The summed E-state index contributed by atoms with van der Waals surface area (Å²) in [6, 6.07) is 24.0. The number of likely N-dealkylation sites (tertiary alicyclic amines) is 1. The van der Waals surface area contributed by atoms with E-state index in [0.717, 1.165) is 39.9 Å². The van der Waals surface area contributed by atoms with E-state index < -0.39 is 66.1 Å². The number of nitrogens with zero attached hydrogens (tertiary/aromatic N) is 8. The Kier molecular flexibility index (Phi) is 43.2. The zero-order chi connectivity index (χ0) is 86.0. The number of ether oxygens (including phenoxy) is 10. The minimum absolute atomic E-state index is 0.0113. The second-order valence-corrected chi connectivity index (χ2v) is 30.8. The van der Waals surface area contributed by atoms with Gasteiger partial charge in [0.15, 0.2) is 0 Å². The normalized spacial score (nSPS) is 15.3. The molecule has 0 bridgehead atoms. The van der Waals surface area contributed by atoms with Crippen molar-refractivity contribution in [1.82, 2.24) is 50.6 Å². The highest BCUT2D eigenvalue weighted by molar-refractivity contribution is 6.02. The molecular formula is C88H129N11O20. The Morgan fingerprint density at radius 2 is 1.18 bits per heavy atom. The average molecular weight is 1660 g/mol. The first kappa shape index (κ1) is 97.1. The van der Waals surface area contributed by atoms with Crippen molar-refractivity contribution in [2.45, 2.75) is 181 Å². The molecule has 0 saturated carbocycles. The number of carboxylic acids is 1. The second kappa shape index (κ2) is 52.9. The van der Waals surface area contributed by atoms with Crippen LogP contribution in [-0.2, 0) is 116 Å². The molecule has 1 saturated heterocycles. The number of benzene rings is 3. The minimum Gasteiger partial charge on any atom is -0.480 e. The van der Waals surface area contributed by atoms with Crippen LogP contribution in [-0.4, -0.2) is 282 Å². The first-order chi connectivity index (χ1) is 57.5. The number of methoxy groups -OCH3 is 2. The van der Waals surface area contributed by atoms with Crippen LogP contribution < -0.4 is 20.9 Å². The number of carbonyl (C=O) groups excluding carboxylic acids is 8. The standard InChI is InChI=1S/C88H129N11O20/c1-12-63(6)82(74(110-10)58-77(103)97-39-20-30-73(97)84(111-11)64(7)85(105)91-71(88(108)109)57-66-23-14-13-15-24-66)96(9)87(107)79(61(2)3)92-86(106)81(62(4)5)95(8)76(102)36-43-114-47-51-118-55-53-117-50-46-113-42-22-31-75(101)90-59-78(104)98-60-67-25-16-17-27-69(67)80-83(70-28-18-19-29-72(70)98)99(94-93-80)40-44-115-48-52-119-56-54-116-49-45-112-41-21-26-68(100)33-32-65-34-37-89-38-35-65/h13-19,23-25,27-29,34-35,37-38,61-64,71,73-74,79,81-82,84H,12,20-22,26,30-33,36,39-60H2,1-11H3,(H,90,101)(H,91,105)(H,92,106)(H,108,109)/t63-,64+,71-,73-,74+,79?,81-,82-,84+/m0/s1. The number of Topliss-reactive ketones (excluding diaryl/α,β-unsaturated/α-hetero) is 1. The molecule has 2 aromatic heterocycles. The van der Waals surface area contributed by atoms with Gasteiger partial charge in [-0.2, -0.15) is 0 Å². The third kappa shape index (κ3) is 31.2. The lowest BCUT2D eigenvalue weighted by Gasteiger charge is -2.41. The number of amides is 7. The molecule has 31 nitrogen and oxygen atoms in total. The fraction of sp³-hybridized carbons (Fsp3) is 0.614. The number of fused-ring (bicyclic) bond motifs is 5. The van der Waals surface area contributed by atoms with E-state index in [1.807, 2.05) is 108 Å². The van der Waals surface area contributed by atoms with Crippen molar-refractivity contribution < 1.29 is 95.6 Å². The number of aryl methyl sites for hydroxylation is 1. The van der Waals surface area contributed by atoms with E-state index >= 15 is 0 Å². The highest BCUT2D eigenvalue weighted by Crippen LogP contribution is 2.41. The predicted octanol–water partition coefficient (Wildman–Crippen LogP) is 7.61. The zero-order valence-electron chi connectivity index (χ0n) is 71.6. The summed E-state index contributed by atoms with van der Waals surface area (Å²) in [5, 5.41) is 27.7. The van der Waals surface area contributed by atoms with Crippen LogP contribution in [0, 0.1) is 23.7 Å². The molecule has 9 atom stereocenters. The summed E-state index contributed by atoms with van der Waals surface area (Å²) >= 11 is 0. The van der Waals surface area contributed by atoms with Crippen LogP contribution in [0.4, 0.5) is 5.69 Å². The molecule has 2 aliphatic heterocycles. The number of pyridine rings is 1. The Hall–Kier alpha value is -9.02. The molecule has 4 N–H and O–H groups in total. The van der Waals surface area contributed by atoms with Gasteiger partial charge in [0.05, 0.1) is 167 Å². The third-order valence-electron chi connectivity index (χ3n) is 21.6. The molecular weight excluding hydrogens is 1530 g/mol. The molecule has 0 radical (unpaired) electrons. The number of anilines is 1. The second-order valence-electron chi connectivity index (χ2n) is 30.8. The van der Waals surface area contributed by atoms with Gasteiger partial charge < -0.3 is 88.0 Å². The summed E-state index contributed by atoms with van der Waals surface area (Å²) in [5.41, 5.74) is 6.41. The number of rotatable bonds is 58. The Bertz CT molecular complexity index is 3910. The monoisotopic (exact) mass is 1660 g/mol. The van der Waals surface area contributed by atoms with Crippen LogP contribution in [0.1, 0.15) is 129 Å². The van der Waals surface area contributed by atoms with Gasteiger partial charge in [-0.1, -0.05) is 133 Å². The predicted molar refractivity (Wildman–Crippen MR) is 446 cm³/mol. The number of aromatic nitrogens is 4. The van der Waals surface area contributed by atoms with E-state index in [4.69, 9.17) is 47.4 Å². The third-order valence-corrected chi connectivity index (χ3v) is 21.6. The van der Waals surface area contributed by atoms with Crippen molar-refractivity contribution in [1.29, 1.82) is 0 Å². The van der Waals surface area contributed by atoms with Gasteiger partial charge >= 0.3 is 5.97 Å². The highest BCUT2D eigenvalue weighted by Gasteiger charge is 2.44. The largest absolute Gasteiger partial charge is 0.480 e. The van der Waals surface area contributed by atoms with Gasteiger partial charge in [0, 0.05) is 97.3 Å². The van der Waals surface area contributed by atoms with Crippen molar-refractivity contribution >= 4 is 58.8 Å². The van der Waals surface area contributed by atoms with Gasteiger partial charge in [-0.05, 0) is 84.7 Å². The maximum atomic E-state index is 14.8. The summed E-state index contributed by atoms with van der Waals surface area (Å²) in [6.45, 7) is 19.0. The average Bonchev–Trinajstić information content (AvgIpc) is 1.71. The number of ketones is 1. The smallest absolute Gasteiger partial charge is 0.326 e. The lowest BCUT2D eigenvalue weighted by atomic mass is 9.89. The minimum atomic E-state index is -1.18. The topological polar surface area (TPSA) is 359 Å². The highest BCUT2D eigenvalue weighted by atomic mass is 16.6. The summed E-state index contributed by atoms with van der Waals surface area (Å²) in [6.07, 6.45) is 6.73.